The zero-order chi connectivity index (χ0) is 15.1. The van der Waals surface area contributed by atoms with Crippen molar-refractivity contribution >= 4 is 0 Å². The topological polar surface area (TPSA) is 18.5 Å². The van der Waals surface area contributed by atoms with Crippen LogP contribution in [0.25, 0.3) is 0 Å². The summed E-state index contributed by atoms with van der Waals surface area (Å²) in [5.74, 6) is -0.114. The van der Waals surface area contributed by atoms with Gasteiger partial charge in [0, 0.05) is 12.5 Å². The van der Waals surface area contributed by atoms with E-state index in [1.807, 2.05) is 0 Å². The molecule has 0 radical (unpaired) electrons. The van der Waals surface area contributed by atoms with Crippen molar-refractivity contribution in [3.63, 3.8) is 0 Å². The summed E-state index contributed by atoms with van der Waals surface area (Å²) in [6, 6.07) is 0. The highest BCUT2D eigenvalue weighted by Crippen LogP contribution is 2.63. The van der Waals surface area contributed by atoms with Gasteiger partial charge in [0.05, 0.1) is 0 Å². The Balaban J connectivity index is 1.84. The van der Waals surface area contributed by atoms with Gasteiger partial charge in [0.15, 0.2) is 5.83 Å². The summed E-state index contributed by atoms with van der Waals surface area (Å²) < 4.78 is 40.0. The van der Waals surface area contributed by atoms with E-state index < -0.39 is 22.7 Å². The molecule has 120 valence electrons. The third kappa shape index (κ3) is 2.35. The standard InChI is InChI=1S/C17H26F2O2/c1-12-3-5-13(6-4-12)16-7-9-17(10-8-16,21-11-20-2)15(19)14(16)18/h12-13H,3-11H2,1-2H3. The zero-order valence-corrected chi connectivity index (χ0v) is 13.1. The van der Waals surface area contributed by atoms with Gasteiger partial charge < -0.3 is 9.47 Å². The Kier molecular flexibility index (Phi) is 4.12. The van der Waals surface area contributed by atoms with E-state index >= 15 is 0 Å². The minimum absolute atomic E-state index is 0.0225. The van der Waals surface area contributed by atoms with Gasteiger partial charge in [-0.3, -0.25) is 0 Å². The Bertz CT molecular complexity index is 417. The van der Waals surface area contributed by atoms with Crippen molar-refractivity contribution in [3.05, 3.63) is 11.7 Å². The molecule has 0 N–H and O–H groups in total. The molecular formula is C17H26F2O2. The molecule has 0 aromatic carbocycles. The average molecular weight is 300 g/mol. The Morgan fingerprint density at radius 3 is 2.19 bits per heavy atom. The van der Waals surface area contributed by atoms with Crippen LogP contribution in [0.15, 0.2) is 11.7 Å². The molecule has 4 aliphatic carbocycles. The number of rotatable bonds is 4. The highest BCUT2D eigenvalue weighted by molar-refractivity contribution is 5.30. The first-order valence-electron chi connectivity index (χ1n) is 8.23. The molecule has 0 unspecified atom stereocenters. The van der Waals surface area contributed by atoms with E-state index in [0.29, 0.717) is 18.8 Å². The second-order valence-electron chi connectivity index (χ2n) is 7.29. The molecule has 2 fully saturated rings. The summed E-state index contributed by atoms with van der Waals surface area (Å²) in [7, 11) is 1.51. The number of hydrogen-bond acceptors (Lipinski definition) is 2. The van der Waals surface area contributed by atoms with E-state index in [9.17, 15) is 8.78 Å². The number of allylic oxidation sites excluding steroid dienone is 1. The number of fused-ring (bicyclic) bond motifs is 2. The summed E-state index contributed by atoms with van der Waals surface area (Å²) >= 11 is 0. The molecule has 0 spiro atoms. The van der Waals surface area contributed by atoms with Crippen LogP contribution in [0.4, 0.5) is 8.78 Å². The van der Waals surface area contributed by atoms with Gasteiger partial charge in [0.1, 0.15) is 18.2 Å². The molecule has 4 aliphatic rings. The van der Waals surface area contributed by atoms with Crippen LogP contribution >= 0.6 is 0 Å². The summed E-state index contributed by atoms with van der Waals surface area (Å²) in [4.78, 5) is 0. The fourth-order valence-electron chi connectivity index (χ4n) is 4.74. The molecule has 21 heavy (non-hydrogen) atoms. The molecule has 0 aromatic rings. The predicted octanol–water partition coefficient (Wildman–Crippen LogP) is 4.90. The summed E-state index contributed by atoms with van der Waals surface area (Å²) in [6.07, 6.45) is 6.97. The SMILES string of the molecule is COCOC12CCC(C3CCC(C)CC3)(CC1)C(F)=C2F. The average Bonchev–Trinajstić information content (AvgIpc) is 2.52. The maximum Gasteiger partial charge on any atom is 0.164 e. The van der Waals surface area contributed by atoms with Crippen LogP contribution < -0.4 is 0 Å². The molecule has 4 heteroatoms. The van der Waals surface area contributed by atoms with E-state index in [-0.39, 0.29) is 6.79 Å². The lowest BCUT2D eigenvalue weighted by molar-refractivity contribution is -0.165. The fraction of sp³-hybridized carbons (Fsp3) is 0.882. The van der Waals surface area contributed by atoms with Crippen molar-refractivity contribution < 1.29 is 18.3 Å². The van der Waals surface area contributed by atoms with Gasteiger partial charge in [-0.25, -0.2) is 8.78 Å². The van der Waals surface area contributed by atoms with Gasteiger partial charge in [-0.15, -0.1) is 0 Å². The van der Waals surface area contributed by atoms with E-state index in [1.165, 1.54) is 7.11 Å². The van der Waals surface area contributed by atoms with Gasteiger partial charge >= 0.3 is 0 Å². The Labute approximate surface area is 125 Å². The summed E-state index contributed by atoms with van der Waals surface area (Å²) in [6.45, 7) is 2.28. The highest BCUT2D eigenvalue weighted by Gasteiger charge is 2.59. The molecular weight excluding hydrogens is 274 g/mol. The number of ether oxygens (including phenoxy) is 2. The molecule has 0 amide bonds. The number of methoxy groups -OCH3 is 1. The molecule has 0 atom stereocenters. The largest absolute Gasteiger partial charge is 0.359 e. The quantitative estimate of drug-likeness (QED) is 0.688. The van der Waals surface area contributed by atoms with Gasteiger partial charge in [-0.05, 0) is 50.4 Å². The Morgan fingerprint density at radius 2 is 1.62 bits per heavy atom. The maximum absolute atomic E-state index is 14.9. The first kappa shape index (κ1) is 15.4. The van der Waals surface area contributed by atoms with Crippen LogP contribution in [0.3, 0.4) is 0 Å². The lowest BCUT2D eigenvalue weighted by Crippen LogP contribution is -2.51. The first-order valence-corrected chi connectivity index (χ1v) is 8.23. The van der Waals surface area contributed by atoms with E-state index in [2.05, 4.69) is 6.92 Å². The van der Waals surface area contributed by atoms with Crippen molar-refractivity contribution in [2.75, 3.05) is 13.9 Å². The van der Waals surface area contributed by atoms with Crippen molar-refractivity contribution in [1.82, 2.24) is 0 Å². The first-order chi connectivity index (χ1) is 10.0. The molecule has 2 bridgehead atoms. The second-order valence-corrected chi connectivity index (χ2v) is 7.29. The van der Waals surface area contributed by atoms with Crippen molar-refractivity contribution in [2.24, 2.45) is 17.3 Å². The summed E-state index contributed by atoms with van der Waals surface area (Å²) in [5.41, 5.74) is -1.59. The Hall–Kier alpha value is -0.480. The molecule has 2 saturated carbocycles. The van der Waals surface area contributed by atoms with Gasteiger partial charge in [-0.2, -0.15) is 0 Å². The molecule has 4 rings (SSSR count). The van der Waals surface area contributed by atoms with Crippen LogP contribution in [0.2, 0.25) is 0 Å². The highest BCUT2D eigenvalue weighted by atomic mass is 19.2. The molecule has 0 aliphatic heterocycles. The molecule has 0 aromatic heterocycles. The predicted molar refractivity (Wildman–Crippen MR) is 77.0 cm³/mol. The smallest absolute Gasteiger partial charge is 0.164 e. The number of hydrogen-bond donors (Lipinski definition) is 0. The van der Waals surface area contributed by atoms with E-state index in [4.69, 9.17) is 9.47 Å². The lowest BCUT2D eigenvalue weighted by atomic mass is 9.54. The van der Waals surface area contributed by atoms with Crippen LogP contribution in [-0.2, 0) is 9.47 Å². The van der Waals surface area contributed by atoms with Gasteiger partial charge in [0.25, 0.3) is 0 Å². The van der Waals surface area contributed by atoms with Crippen LogP contribution in [-0.4, -0.2) is 19.5 Å². The van der Waals surface area contributed by atoms with Crippen molar-refractivity contribution in [1.29, 1.82) is 0 Å². The van der Waals surface area contributed by atoms with Crippen molar-refractivity contribution in [3.8, 4) is 0 Å². The third-order valence-corrected chi connectivity index (χ3v) is 6.23. The Morgan fingerprint density at radius 1 is 1.00 bits per heavy atom. The van der Waals surface area contributed by atoms with Gasteiger partial charge in [-0.1, -0.05) is 19.8 Å². The fourth-order valence-corrected chi connectivity index (χ4v) is 4.74. The van der Waals surface area contributed by atoms with Crippen LogP contribution in [0.1, 0.15) is 58.3 Å². The van der Waals surface area contributed by atoms with Crippen molar-refractivity contribution in [2.45, 2.75) is 63.9 Å². The number of halogens is 2. The maximum atomic E-state index is 14.9. The summed E-state index contributed by atoms with van der Waals surface area (Å²) in [5, 5.41) is 0. The molecule has 0 saturated heterocycles. The van der Waals surface area contributed by atoms with Gasteiger partial charge in [0.2, 0.25) is 0 Å². The monoisotopic (exact) mass is 300 g/mol. The second kappa shape index (κ2) is 5.62. The lowest BCUT2D eigenvalue weighted by Gasteiger charge is -2.54. The van der Waals surface area contributed by atoms with Crippen LogP contribution in [0.5, 0.6) is 0 Å². The zero-order valence-electron chi connectivity index (χ0n) is 13.1. The normalized spacial score (nSPS) is 43.4. The van der Waals surface area contributed by atoms with E-state index in [1.54, 1.807) is 0 Å². The molecule has 0 heterocycles. The third-order valence-electron chi connectivity index (χ3n) is 6.23. The minimum Gasteiger partial charge on any atom is -0.359 e. The minimum atomic E-state index is -1.05. The van der Waals surface area contributed by atoms with E-state index in [0.717, 1.165) is 44.4 Å². The van der Waals surface area contributed by atoms with Crippen LogP contribution in [0, 0.1) is 17.3 Å². The molecule has 2 nitrogen and oxygen atoms in total.